The second-order valence-corrected chi connectivity index (χ2v) is 2.97. The van der Waals surface area contributed by atoms with Gasteiger partial charge < -0.3 is 5.73 Å². The molecule has 0 unspecified atom stereocenters. The lowest BCUT2D eigenvalue weighted by atomic mass is 10.1. The van der Waals surface area contributed by atoms with E-state index in [1.807, 2.05) is 6.07 Å². The lowest BCUT2D eigenvalue weighted by molar-refractivity contribution is 0.101. The zero-order chi connectivity index (χ0) is 10.6. The molecule has 0 aliphatic rings. The van der Waals surface area contributed by atoms with Gasteiger partial charge in [0.15, 0.2) is 5.78 Å². The van der Waals surface area contributed by atoms with Crippen LogP contribution in [0.3, 0.4) is 0 Å². The second kappa shape index (κ2) is 4.49. The molecule has 0 aliphatic carbocycles. The van der Waals surface area contributed by atoms with Crippen molar-refractivity contribution in [2.45, 2.75) is 19.4 Å². The zero-order valence-electron chi connectivity index (χ0n) is 7.90. The Labute approximate surface area is 82.4 Å². The van der Waals surface area contributed by atoms with Gasteiger partial charge in [0, 0.05) is 6.92 Å². The molecule has 0 saturated heterocycles. The van der Waals surface area contributed by atoms with E-state index in [2.05, 4.69) is 4.98 Å². The summed E-state index contributed by atoms with van der Waals surface area (Å²) in [7, 11) is 0. The first kappa shape index (κ1) is 10.4. The van der Waals surface area contributed by atoms with Crippen molar-refractivity contribution in [2.24, 2.45) is 5.73 Å². The first-order valence-electron chi connectivity index (χ1n) is 4.25. The van der Waals surface area contributed by atoms with Crippen LogP contribution in [0.15, 0.2) is 18.2 Å². The van der Waals surface area contributed by atoms with Crippen molar-refractivity contribution in [3.8, 4) is 6.07 Å². The van der Waals surface area contributed by atoms with Crippen molar-refractivity contribution in [3.05, 3.63) is 29.6 Å². The molecule has 0 bridgehead atoms. The van der Waals surface area contributed by atoms with Crippen molar-refractivity contribution in [1.82, 2.24) is 4.98 Å². The van der Waals surface area contributed by atoms with E-state index in [-0.39, 0.29) is 12.2 Å². The fourth-order valence-electron chi connectivity index (χ4n) is 1.06. The summed E-state index contributed by atoms with van der Waals surface area (Å²) in [5.74, 6) is -0.101. The summed E-state index contributed by atoms with van der Waals surface area (Å²) >= 11 is 0. The average Bonchev–Trinajstić information content (AvgIpc) is 2.18. The molecule has 1 aromatic heterocycles. The maximum Gasteiger partial charge on any atom is 0.178 e. The molecular formula is C10H11N3O. The Morgan fingerprint density at radius 3 is 3.00 bits per heavy atom. The number of rotatable bonds is 3. The molecule has 72 valence electrons. The van der Waals surface area contributed by atoms with Gasteiger partial charge in [-0.3, -0.25) is 4.79 Å². The van der Waals surface area contributed by atoms with Crippen molar-refractivity contribution in [2.75, 3.05) is 0 Å². The molecule has 0 fully saturated rings. The van der Waals surface area contributed by atoms with E-state index in [0.717, 1.165) is 0 Å². The van der Waals surface area contributed by atoms with Crippen LogP contribution >= 0.6 is 0 Å². The Hall–Kier alpha value is -1.73. The van der Waals surface area contributed by atoms with Crippen molar-refractivity contribution in [3.63, 3.8) is 0 Å². The topological polar surface area (TPSA) is 79.8 Å². The molecule has 0 aromatic carbocycles. The van der Waals surface area contributed by atoms with Crippen LogP contribution in [0.1, 0.15) is 35.6 Å². The third kappa shape index (κ3) is 2.38. The summed E-state index contributed by atoms with van der Waals surface area (Å²) in [6, 6.07) is 6.61. The highest BCUT2D eigenvalue weighted by Crippen LogP contribution is 2.11. The van der Waals surface area contributed by atoms with Crippen LogP contribution < -0.4 is 5.73 Å². The quantitative estimate of drug-likeness (QED) is 0.724. The number of hydrogen-bond acceptors (Lipinski definition) is 4. The second-order valence-electron chi connectivity index (χ2n) is 2.97. The Balaban J connectivity index is 2.94. The van der Waals surface area contributed by atoms with Gasteiger partial charge in [-0.25, -0.2) is 4.98 Å². The molecular weight excluding hydrogens is 178 g/mol. The molecule has 0 amide bonds. The maximum atomic E-state index is 11.0. The highest BCUT2D eigenvalue weighted by atomic mass is 16.1. The number of carbonyl (C=O) groups is 1. The number of nitrogens with two attached hydrogens (primary N) is 1. The number of hydrogen-bond donors (Lipinski definition) is 1. The Bertz CT molecular complexity index is 381. The van der Waals surface area contributed by atoms with Gasteiger partial charge in [0.05, 0.1) is 24.2 Å². The van der Waals surface area contributed by atoms with Gasteiger partial charge in [0.1, 0.15) is 5.69 Å². The van der Waals surface area contributed by atoms with Gasteiger partial charge in [-0.2, -0.15) is 5.26 Å². The van der Waals surface area contributed by atoms with Crippen LogP contribution in [-0.2, 0) is 0 Å². The molecule has 4 heteroatoms. The summed E-state index contributed by atoms with van der Waals surface area (Å²) in [4.78, 5) is 15.1. The monoisotopic (exact) mass is 189 g/mol. The number of Topliss-reactive ketones (excluding diaryl/α,β-unsaturated/α-hetero) is 1. The van der Waals surface area contributed by atoms with Crippen molar-refractivity contribution >= 4 is 5.78 Å². The fraction of sp³-hybridized carbons (Fsp3) is 0.300. The van der Waals surface area contributed by atoms with Crippen molar-refractivity contribution in [1.29, 1.82) is 5.26 Å². The molecule has 4 nitrogen and oxygen atoms in total. The molecule has 2 N–H and O–H groups in total. The van der Waals surface area contributed by atoms with Crippen molar-refractivity contribution < 1.29 is 4.79 Å². The van der Waals surface area contributed by atoms with E-state index in [4.69, 9.17) is 11.0 Å². The molecule has 0 radical (unpaired) electrons. The van der Waals surface area contributed by atoms with E-state index in [1.165, 1.54) is 6.92 Å². The minimum absolute atomic E-state index is 0.101. The SMILES string of the molecule is CC(=O)c1cccc([C@H](N)CC#N)n1. The highest BCUT2D eigenvalue weighted by Gasteiger charge is 2.08. The summed E-state index contributed by atoms with van der Waals surface area (Å²) in [5.41, 5.74) is 6.65. The Morgan fingerprint density at radius 2 is 2.43 bits per heavy atom. The lowest BCUT2D eigenvalue weighted by Crippen LogP contribution is -2.12. The average molecular weight is 189 g/mol. The van der Waals surface area contributed by atoms with Gasteiger partial charge in [-0.05, 0) is 12.1 Å². The molecule has 1 rings (SSSR count). The van der Waals surface area contributed by atoms with E-state index in [0.29, 0.717) is 11.4 Å². The highest BCUT2D eigenvalue weighted by molar-refractivity contribution is 5.92. The number of nitrogens with zero attached hydrogens (tertiary/aromatic N) is 2. The zero-order valence-corrected chi connectivity index (χ0v) is 7.90. The number of nitriles is 1. The third-order valence-corrected chi connectivity index (χ3v) is 1.82. The van der Waals surface area contributed by atoms with Crippen LogP contribution in [0.4, 0.5) is 0 Å². The predicted octanol–water partition coefficient (Wildman–Crippen LogP) is 1.20. The lowest BCUT2D eigenvalue weighted by Gasteiger charge is -2.06. The normalized spacial score (nSPS) is 11.8. The molecule has 1 atom stereocenters. The molecule has 1 heterocycles. The largest absolute Gasteiger partial charge is 0.322 e. The molecule has 1 aromatic rings. The molecule has 0 spiro atoms. The molecule has 14 heavy (non-hydrogen) atoms. The van der Waals surface area contributed by atoms with Crippen LogP contribution in [0.25, 0.3) is 0 Å². The molecule has 0 saturated carbocycles. The predicted molar refractivity (Wildman–Crippen MR) is 51.4 cm³/mol. The van der Waals surface area contributed by atoms with Gasteiger partial charge in [-0.15, -0.1) is 0 Å². The Morgan fingerprint density at radius 1 is 1.71 bits per heavy atom. The van der Waals surface area contributed by atoms with Gasteiger partial charge >= 0.3 is 0 Å². The maximum absolute atomic E-state index is 11.0. The van der Waals surface area contributed by atoms with Crippen LogP contribution in [-0.4, -0.2) is 10.8 Å². The first-order valence-corrected chi connectivity index (χ1v) is 4.25. The first-order chi connectivity index (χ1) is 6.65. The fourth-order valence-corrected chi connectivity index (χ4v) is 1.06. The van der Waals surface area contributed by atoms with E-state index in [9.17, 15) is 4.79 Å². The summed E-state index contributed by atoms with van der Waals surface area (Å²) in [5, 5.41) is 8.45. The number of carbonyl (C=O) groups excluding carboxylic acids is 1. The summed E-state index contributed by atoms with van der Waals surface area (Å²) < 4.78 is 0. The number of aromatic nitrogens is 1. The van der Waals surface area contributed by atoms with E-state index in [1.54, 1.807) is 18.2 Å². The summed E-state index contributed by atoms with van der Waals surface area (Å²) in [6.07, 6.45) is 0.203. The minimum Gasteiger partial charge on any atom is -0.322 e. The van der Waals surface area contributed by atoms with E-state index < -0.39 is 6.04 Å². The third-order valence-electron chi connectivity index (χ3n) is 1.82. The molecule has 0 aliphatic heterocycles. The van der Waals surface area contributed by atoms with Crippen LogP contribution in [0.2, 0.25) is 0 Å². The van der Waals surface area contributed by atoms with Crippen LogP contribution in [0.5, 0.6) is 0 Å². The van der Waals surface area contributed by atoms with Gasteiger partial charge in [0.25, 0.3) is 0 Å². The minimum atomic E-state index is -0.417. The van der Waals surface area contributed by atoms with Gasteiger partial charge in [-0.1, -0.05) is 6.07 Å². The van der Waals surface area contributed by atoms with Crippen LogP contribution in [0, 0.1) is 11.3 Å². The number of pyridine rings is 1. The summed E-state index contributed by atoms with van der Waals surface area (Å²) in [6.45, 7) is 1.45. The van der Waals surface area contributed by atoms with E-state index >= 15 is 0 Å². The number of ketones is 1. The standard InChI is InChI=1S/C10H11N3O/c1-7(14)9-3-2-4-10(13-9)8(12)5-6-11/h2-4,8H,5,12H2,1H3/t8-/m1/s1. The smallest absolute Gasteiger partial charge is 0.178 e. The Kier molecular flexibility index (Phi) is 3.32. The van der Waals surface area contributed by atoms with Gasteiger partial charge in [0.2, 0.25) is 0 Å².